The van der Waals surface area contributed by atoms with Gasteiger partial charge >= 0.3 is 11.9 Å². The van der Waals surface area contributed by atoms with E-state index in [2.05, 4.69) is 0 Å². The normalized spacial score (nSPS) is 17.0. The Balaban J connectivity index is 1.77. The number of rotatable bonds is 20. The molecule has 248 valence electrons. The molecule has 0 saturated carbocycles. The number of hydrogen-bond acceptors (Lipinski definition) is 12. The van der Waals surface area contributed by atoms with Gasteiger partial charge in [-0.15, -0.1) is 0 Å². The lowest BCUT2D eigenvalue weighted by atomic mass is 9.82. The van der Waals surface area contributed by atoms with Crippen molar-refractivity contribution < 1.29 is 58.5 Å². The minimum Gasteiger partial charge on any atom is -0.493 e. The smallest absolute Gasteiger partial charge is 0.306 e. The summed E-state index contributed by atoms with van der Waals surface area (Å²) < 4.78 is 28.5. The summed E-state index contributed by atoms with van der Waals surface area (Å²) in [5, 5.41) is 37.0. The Labute approximate surface area is 262 Å². The van der Waals surface area contributed by atoms with Crippen LogP contribution in [0.3, 0.4) is 0 Å². The van der Waals surface area contributed by atoms with Crippen molar-refractivity contribution in [1.29, 1.82) is 0 Å². The molecule has 0 radical (unpaired) electrons. The molecule has 3 rings (SSSR count). The standard InChI is InChI=1S/C33H44O12/c1-2-7-27-29(42-17-6-16-41-25-8-4-3-5-9-25)11-10-26-28(38)18-33(45-32(26)27,14-12-30(39)43-21-23(36)19-34)15-13-31(40)44-22-24(37)20-35/h3-5,8-11,23-24,34-37H,2,6-7,12-22H2,1H3. The first-order valence-electron chi connectivity index (χ1n) is 15.3. The molecule has 45 heavy (non-hydrogen) atoms. The molecule has 0 aromatic heterocycles. The van der Waals surface area contributed by atoms with E-state index in [1.807, 2.05) is 37.3 Å². The second-order valence-corrected chi connectivity index (χ2v) is 11.0. The van der Waals surface area contributed by atoms with Crippen molar-refractivity contribution in [3.8, 4) is 17.2 Å². The lowest BCUT2D eigenvalue weighted by Gasteiger charge is -2.39. The van der Waals surface area contributed by atoms with Crippen LogP contribution in [0.15, 0.2) is 42.5 Å². The average Bonchev–Trinajstić information content (AvgIpc) is 3.05. The van der Waals surface area contributed by atoms with Crippen LogP contribution in [0.25, 0.3) is 0 Å². The number of Topliss-reactive ketones (excluding diaryl/α,β-unsaturated/α-hetero) is 1. The highest BCUT2D eigenvalue weighted by atomic mass is 16.6. The number of carbonyl (C=O) groups excluding carboxylic acids is 3. The number of ketones is 1. The van der Waals surface area contributed by atoms with Crippen molar-refractivity contribution >= 4 is 17.7 Å². The predicted octanol–water partition coefficient (Wildman–Crippen LogP) is 2.54. The van der Waals surface area contributed by atoms with Gasteiger partial charge in [-0.25, -0.2) is 0 Å². The molecular formula is C33H44O12. The third-order valence-corrected chi connectivity index (χ3v) is 7.24. The lowest BCUT2D eigenvalue weighted by molar-refractivity contribution is -0.149. The maximum absolute atomic E-state index is 13.5. The minimum absolute atomic E-state index is 0.0201. The summed E-state index contributed by atoms with van der Waals surface area (Å²) in [5.41, 5.74) is -0.173. The van der Waals surface area contributed by atoms with Crippen molar-refractivity contribution in [3.63, 3.8) is 0 Å². The van der Waals surface area contributed by atoms with Crippen molar-refractivity contribution in [2.75, 3.05) is 39.6 Å². The molecule has 2 atom stereocenters. The summed E-state index contributed by atoms with van der Waals surface area (Å²) in [6.07, 6.45) is -0.975. The van der Waals surface area contributed by atoms with E-state index in [4.69, 9.17) is 33.9 Å². The van der Waals surface area contributed by atoms with Crippen LogP contribution in [0.4, 0.5) is 0 Å². The van der Waals surface area contributed by atoms with Gasteiger partial charge in [-0.1, -0.05) is 31.5 Å². The summed E-state index contributed by atoms with van der Waals surface area (Å²) in [6.45, 7) is 0.894. The molecule has 2 aromatic rings. The number of hydrogen-bond donors (Lipinski definition) is 4. The van der Waals surface area contributed by atoms with Crippen molar-refractivity contribution in [1.82, 2.24) is 0 Å². The quantitative estimate of drug-likeness (QED) is 0.124. The fraction of sp³-hybridized carbons (Fsp3) is 0.545. The molecule has 0 spiro atoms. The third kappa shape index (κ3) is 11.3. The molecule has 0 fully saturated rings. The zero-order valence-corrected chi connectivity index (χ0v) is 25.7. The number of fused-ring (bicyclic) bond motifs is 1. The van der Waals surface area contributed by atoms with Crippen LogP contribution in [0.1, 0.15) is 67.8 Å². The number of para-hydroxylation sites is 1. The zero-order chi connectivity index (χ0) is 32.7. The molecule has 0 aliphatic carbocycles. The summed E-state index contributed by atoms with van der Waals surface area (Å²) in [7, 11) is 0. The molecular weight excluding hydrogens is 588 g/mol. The Morgan fingerprint density at radius 1 is 0.889 bits per heavy atom. The lowest BCUT2D eigenvalue weighted by Crippen LogP contribution is -2.43. The van der Waals surface area contributed by atoms with E-state index in [1.54, 1.807) is 12.1 Å². The van der Waals surface area contributed by atoms with Crippen LogP contribution in [0.5, 0.6) is 17.2 Å². The van der Waals surface area contributed by atoms with Crippen LogP contribution in [-0.4, -0.2) is 95.6 Å². The van der Waals surface area contributed by atoms with Gasteiger partial charge in [-0.2, -0.15) is 0 Å². The zero-order valence-electron chi connectivity index (χ0n) is 25.7. The Morgan fingerprint density at radius 2 is 1.49 bits per heavy atom. The first-order chi connectivity index (χ1) is 21.7. The molecule has 2 unspecified atom stereocenters. The molecule has 1 aliphatic heterocycles. The fourth-order valence-electron chi connectivity index (χ4n) is 4.85. The van der Waals surface area contributed by atoms with Crippen LogP contribution in [0.2, 0.25) is 0 Å². The number of esters is 2. The maximum atomic E-state index is 13.5. The minimum atomic E-state index is -1.27. The Hall–Kier alpha value is -3.71. The van der Waals surface area contributed by atoms with Crippen molar-refractivity contribution in [2.45, 2.75) is 76.1 Å². The first-order valence-corrected chi connectivity index (χ1v) is 15.3. The number of carbonyl (C=O) groups is 3. The third-order valence-electron chi connectivity index (χ3n) is 7.24. The Bertz CT molecular complexity index is 1200. The Morgan fingerprint density at radius 3 is 2.07 bits per heavy atom. The summed E-state index contributed by atoms with van der Waals surface area (Å²) in [4.78, 5) is 38.5. The highest BCUT2D eigenvalue weighted by Crippen LogP contribution is 2.44. The molecule has 12 heteroatoms. The maximum Gasteiger partial charge on any atom is 0.306 e. The summed E-state index contributed by atoms with van der Waals surface area (Å²) in [6, 6.07) is 12.9. The van der Waals surface area contributed by atoms with Crippen LogP contribution in [0, 0.1) is 0 Å². The van der Waals surface area contributed by atoms with Crippen LogP contribution in [-0.2, 0) is 25.5 Å². The summed E-state index contributed by atoms with van der Waals surface area (Å²) in [5.74, 6) is 0.127. The highest BCUT2D eigenvalue weighted by molar-refractivity contribution is 6.01. The largest absolute Gasteiger partial charge is 0.493 e. The first kappa shape index (κ1) is 35.8. The van der Waals surface area contributed by atoms with E-state index < -0.39 is 43.0 Å². The number of aliphatic hydroxyl groups is 4. The van der Waals surface area contributed by atoms with Gasteiger partial charge in [0.05, 0.1) is 38.4 Å². The molecule has 4 N–H and O–H groups in total. The van der Waals surface area contributed by atoms with Gasteiger partial charge in [-0.05, 0) is 43.5 Å². The van der Waals surface area contributed by atoms with Gasteiger partial charge in [0.15, 0.2) is 5.78 Å². The van der Waals surface area contributed by atoms with E-state index in [-0.39, 0.29) is 51.1 Å². The Kier molecular flexibility index (Phi) is 14.5. The van der Waals surface area contributed by atoms with E-state index >= 15 is 0 Å². The molecule has 0 saturated heterocycles. The molecule has 1 heterocycles. The molecule has 1 aliphatic rings. The van der Waals surface area contributed by atoms with Gasteiger partial charge in [0.2, 0.25) is 0 Å². The monoisotopic (exact) mass is 632 g/mol. The van der Waals surface area contributed by atoms with Gasteiger partial charge in [0, 0.05) is 24.8 Å². The van der Waals surface area contributed by atoms with E-state index in [1.165, 1.54) is 0 Å². The van der Waals surface area contributed by atoms with Crippen molar-refractivity contribution in [2.24, 2.45) is 0 Å². The van der Waals surface area contributed by atoms with Gasteiger partial charge < -0.3 is 44.1 Å². The molecule has 2 aromatic carbocycles. The van der Waals surface area contributed by atoms with Gasteiger partial charge in [0.1, 0.15) is 48.3 Å². The number of aliphatic hydroxyl groups excluding tert-OH is 4. The number of ether oxygens (including phenoxy) is 5. The molecule has 0 amide bonds. The van der Waals surface area contributed by atoms with Crippen LogP contribution >= 0.6 is 0 Å². The van der Waals surface area contributed by atoms with Gasteiger partial charge in [0.25, 0.3) is 0 Å². The van der Waals surface area contributed by atoms with E-state index in [9.17, 15) is 24.6 Å². The average molecular weight is 633 g/mol. The summed E-state index contributed by atoms with van der Waals surface area (Å²) >= 11 is 0. The second kappa shape index (κ2) is 18.3. The van der Waals surface area contributed by atoms with E-state index in [0.717, 1.165) is 12.2 Å². The number of benzene rings is 2. The predicted molar refractivity (Wildman–Crippen MR) is 161 cm³/mol. The molecule has 12 nitrogen and oxygen atoms in total. The molecule has 0 bridgehead atoms. The highest BCUT2D eigenvalue weighted by Gasteiger charge is 2.42. The second-order valence-electron chi connectivity index (χ2n) is 11.0. The topological polar surface area (TPSA) is 178 Å². The van der Waals surface area contributed by atoms with Crippen LogP contribution < -0.4 is 14.2 Å². The van der Waals surface area contributed by atoms with Crippen molar-refractivity contribution in [3.05, 3.63) is 53.6 Å². The van der Waals surface area contributed by atoms with Gasteiger partial charge in [-0.3, -0.25) is 14.4 Å². The fourth-order valence-corrected chi connectivity index (χ4v) is 4.85. The van der Waals surface area contributed by atoms with E-state index in [0.29, 0.717) is 48.7 Å². The SMILES string of the molecule is CCCc1c(OCCCOc2ccccc2)ccc2c1OC(CCC(=O)OCC(O)CO)(CCC(=O)OCC(O)CO)CC2=O.